The van der Waals surface area contributed by atoms with E-state index in [0.717, 1.165) is 33.7 Å². The molecule has 1 unspecified atom stereocenters. The van der Waals surface area contributed by atoms with Crippen molar-refractivity contribution < 1.29 is 0 Å². The van der Waals surface area contributed by atoms with Crippen molar-refractivity contribution in [2.24, 2.45) is 0 Å². The molecule has 0 aliphatic rings. The Hall–Kier alpha value is -2.27. The van der Waals surface area contributed by atoms with Gasteiger partial charge in [-0.15, -0.1) is 0 Å². The standard InChI is InChI=1S/C17H16N4S/c1-10(22)15(16-18-11-6-2-3-7-12(11)19-16)17-20-13-8-4-5-9-14(13)21-17/h2-10,15,22H,1H3,(H,18,19)(H,20,21). The second-order valence-corrected chi connectivity index (χ2v) is 6.31. The monoisotopic (exact) mass is 308 g/mol. The number of benzene rings is 2. The molecule has 2 N–H and O–H groups in total. The molecule has 2 heterocycles. The normalized spacial score (nSPS) is 13.2. The highest BCUT2D eigenvalue weighted by Gasteiger charge is 2.25. The Morgan fingerprint density at radius 3 is 1.68 bits per heavy atom. The molecule has 0 spiro atoms. The SMILES string of the molecule is CC(S)C(c1nc2ccccc2[nH]1)c1nc2ccccc2[nH]1. The quantitative estimate of drug-likeness (QED) is 0.503. The Kier molecular flexibility index (Phi) is 3.15. The van der Waals surface area contributed by atoms with Gasteiger partial charge in [0.05, 0.1) is 28.0 Å². The van der Waals surface area contributed by atoms with E-state index in [9.17, 15) is 0 Å². The summed E-state index contributed by atoms with van der Waals surface area (Å²) in [7, 11) is 0. The Morgan fingerprint density at radius 2 is 1.27 bits per heavy atom. The van der Waals surface area contributed by atoms with Crippen LogP contribution < -0.4 is 0 Å². The summed E-state index contributed by atoms with van der Waals surface area (Å²) in [4.78, 5) is 16.2. The van der Waals surface area contributed by atoms with Gasteiger partial charge in [0.25, 0.3) is 0 Å². The van der Waals surface area contributed by atoms with E-state index < -0.39 is 0 Å². The van der Waals surface area contributed by atoms with Gasteiger partial charge in [0.15, 0.2) is 0 Å². The molecule has 0 saturated carbocycles. The van der Waals surface area contributed by atoms with Crippen molar-refractivity contribution in [1.82, 2.24) is 19.9 Å². The maximum absolute atomic E-state index is 4.72. The van der Waals surface area contributed by atoms with Crippen LogP contribution in [-0.2, 0) is 0 Å². The summed E-state index contributed by atoms with van der Waals surface area (Å²) >= 11 is 4.66. The number of hydrogen-bond acceptors (Lipinski definition) is 3. The lowest BCUT2D eigenvalue weighted by atomic mass is 10.1. The number of aromatic nitrogens is 4. The lowest BCUT2D eigenvalue weighted by molar-refractivity contribution is 0.712. The summed E-state index contributed by atoms with van der Waals surface area (Å²) in [6.45, 7) is 2.06. The predicted octanol–water partition coefficient (Wildman–Crippen LogP) is 3.89. The molecule has 22 heavy (non-hydrogen) atoms. The number of hydrogen-bond donors (Lipinski definition) is 3. The van der Waals surface area contributed by atoms with E-state index in [1.165, 1.54) is 0 Å². The number of imidazole rings is 2. The van der Waals surface area contributed by atoms with Crippen molar-refractivity contribution in [1.29, 1.82) is 0 Å². The summed E-state index contributed by atoms with van der Waals surface area (Å²) in [6.07, 6.45) is 0. The molecule has 0 bridgehead atoms. The first-order valence-corrected chi connectivity index (χ1v) is 7.81. The van der Waals surface area contributed by atoms with Crippen LogP contribution >= 0.6 is 12.6 Å². The minimum Gasteiger partial charge on any atom is -0.341 e. The summed E-state index contributed by atoms with van der Waals surface area (Å²) in [5, 5.41) is 0.0844. The topological polar surface area (TPSA) is 57.4 Å². The smallest absolute Gasteiger partial charge is 0.119 e. The van der Waals surface area contributed by atoms with Crippen LogP contribution in [0.3, 0.4) is 0 Å². The first-order valence-electron chi connectivity index (χ1n) is 7.30. The number of nitrogens with one attached hydrogen (secondary N) is 2. The van der Waals surface area contributed by atoms with E-state index in [0.29, 0.717) is 0 Å². The van der Waals surface area contributed by atoms with Crippen LogP contribution in [0.5, 0.6) is 0 Å². The van der Waals surface area contributed by atoms with E-state index in [1.807, 2.05) is 48.5 Å². The van der Waals surface area contributed by atoms with E-state index in [4.69, 9.17) is 9.97 Å². The van der Waals surface area contributed by atoms with Crippen molar-refractivity contribution in [2.45, 2.75) is 18.1 Å². The molecule has 4 nitrogen and oxygen atoms in total. The maximum atomic E-state index is 4.72. The molecule has 0 amide bonds. The van der Waals surface area contributed by atoms with Gasteiger partial charge in [-0.3, -0.25) is 0 Å². The van der Waals surface area contributed by atoms with Crippen LogP contribution in [0.4, 0.5) is 0 Å². The molecule has 0 radical (unpaired) electrons. The van der Waals surface area contributed by atoms with Crippen LogP contribution in [0, 0.1) is 0 Å². The van der Waals surface area contributed by atoms with Gasteiger partial charge in [0.2, 0.25) is 0 Å². The lowest BCUT2D eigenvalue weighted by Gasteiger charge is -2.15. The van der Waals surface area contributed by atoms with E-state index in [2.05, 4.69) is 29.5 Å². The number of nitrogens with zero attached hydrogens (tertiary/aromatic N) is 2. The van der Waals surface area contributed by atoms with Crippen LogP contribution in [0.25, 0.3) is 22.1 Å². The van der Waals surface area contributed by atoms with E-state index in [1.54, 1.807) is 0 Å². The molecule has 5 heteroatoms. The molecular weight excluding hydrogens is 292 g/mol. The molecule has 4 rings (SSSR count). The van der Waals surface area contributed by atoms with E-state index >= 15 is 0 Å². The largest absolute Gasteiger partial charge is 0.341 e. The fraction of sp³-hybridized carbons (Fsp3) is 0.176. The first kappa shape index (κ1) is 13.4. The predicted molar refractivity (Wildman–Crippen MR) is 92.5 cm³/mol. The van der Waals surface area contributed by atoms with E-state index in [-0.39, 0.29) is 11.2 Å². The molecule has 2 aromatic heterocycles. The number of aromatic amines is 2. The van der Waals surface area contributed by atoms with Gasteiger partial charge in [0, 0.05) is 5.25 Å². The lowest BCUT2D eigenvalue weighted by Crippen LogP contribution is -2.14. The molecule has 1 atom stereocenters. The Bertz CT molecular complexity index is 798. The van der Waals surface area contributed by atoms with Crippen LogP contribution in [0.2, 0.25) is 0 Å². The summed E-state index contributed by atoms with van der Waals surface area (Å²) < 4.78 is 0. The number of para-hydroxylation sites is 4. The molecule has 0 aliphatic carbocycles. The third-order valence-electron chi connectivity index (χ3n) is 3.89. The highest BCUT2D eigenvalue weighted by molar-refractivity contribution is 7.81. The minimum absolute atomic E-state index is 0.0110. The molecule has 2 aromatic carbocycles. The van der Waals surface area contributed by atoms with Crippen molar-refractivity contribution in [3.63, 3.8) is 0 Å². The number of fused-ring (bicyclic) bond motifs is 2. The number of rotatable bonds is 3. The Balaban J connectivity index is 1.86. The maximum Gasteiger partial charge on any atom is 0.119 e. The molecular formula is C17H16N4S. The van der Waals surface area contributed by atoms with Crippen LogP contribution in [0.15, 0.2) is 48.5 Å². The van der Waals surface area contributed by atoms with Gasteiger partial charge in [-0.05, 0) is 24.3 Å². The van der Waals surface area contributed by atoms with Crippen molar-refractivity contribution in [3.8, 4) is 0 Å². The summed E-state index contributed by atoms with van der Waals surface area (Å²) in [6, 6.07) is 16.1. The van der Waals surface area contributed by atoms with Crippen molar-refractivity contribution >= 4 is 34.7 Å². The average molecular weight is 308 g/mol. The van der Waals surface area contributed by atoms with Gasteiger partial charge < -0.3 is 9.97 Å². The van der Waals surface area contributed by atoms with Gasteiger partial charge in [-0.25, -0.2) is 9.97 Å². The van der Waals surface area contributed by atoms with Gasteiger partial charge in [0.1, 0.15) is 11.6 Å². The molecule has 0 aliphatic heterocycles. The fourth-order valence-electron chi connectivity index (χ4n) is 2.83. The zero-order valence-electron chi connectivity index (χ0n) is 12.1. The average Bonchev–Trinajstić information content (AvgIpc) is 3.09. The highest BCUT2D eigenvalue weighted by Crippen LogP contribution is 2.30. The third-order valence-corrected chi connectivity index (χ3v) is 4.19. The van der Waals surface area contributed by atoms with Gasteiger partial charge in [-0.1, -0.05) is 31.2 Å². The van der Waals surface area contributed by atoms with Gasteiger partial charge >= 0.3 is 0 Å². The summed E-state index contributed by atoms with van der Waals surface area (Å²) in [5.41, 5.74) is 4.00. The Morgan fingerprint density at radius 1 is 0.818 bits per heavy atom. The third kappa shape index (κ3) is 2.18. The molecule has 0 saturated heterocycles. The second-order valence-electron chi connectivity index (χ2n) is 5.50. The molecule has 0 fully saturated rings. The zero-order chi connectivity index (χ0) is 15.1. The summed E-state index contributed by atoms with van der Waals surface area (Å²) in [5.74, 6) is 1.77. The number of thiol groups is 1. The minimum atomic E-state index is -0.0110. The fourth-order valence-corrected chi connectivity index (χ4v) is 3.11. The van der Waals surface area contributed by atoms with Crippen LogP contribution in [0.1, 0.15) is 24.5 Å². The zero-order valence-corrected chi connectivity index (χ0v) is 13.0. The number of H-pyrrole nitrogens is 2. The second kappa shape index (κ2) is 5.18. The van der Waals surface area contributed by atoms with Crippen molar-refractivity contribution in [3.05, 3.63) is 60.2 Å². The Labute approximate surface area is 133 Å². The molecule has 110 valence electrons. The van der Waals surface area contributed by atoms with Gasteiger partial charge in [-0.2, -0.15) is 12.6 Å². The first-order chi connectivity index (χ1) is 10.7. The molecule has 4 aromatic rings. The van der Waals surface area contributed by atoms with Crippen LogP contribution in [-0.4, -0.2) is 25.2 Å². The highest BCUT2D eigenvalue weighted by atomic mass is 32.1. The van der Waals surface area contributed by atoms with Crippen molar-refractivity contribution in [2.75, 3.05) is 0 Å².